The average molecular weight is 498 g/mol. The van der Waals surface area contributed by atoms with Gasteiger partial charge in [0.1, 0.15) is 0 Å². The minimum Gasteiger partial charge on any atom is -0.309 e. The molecule has 0 radical (unpaired) electrons. The number of sulfonamides is 1. The molecule has 5 nitrogen and oxygen atoms in total. The first-order chi connectivity index (χ1) is 13.8. The third-order valence-electron chi connectivity index (χ3n) is 5.75. The third-order valence-corrected chi connectivity index (χ3v) is 8.41. The van der Waals surface area contributed by atoms with Crippen molar-refractivity contribution in [3.05, 3.63) is 57.5 Å². The molecule has 0 bridgehead atoms. The van der Waals surface area contributed by atoms with Gasteiger partial charge in [-0.2, -0.15) is 4.31 Å². The van der Waals surface area contributed by atoms with Crippen molar-refractivity contribution in [1.29, 1.82) is 0 Å². The molecule has 1 fully saturated rings. The number of anilines is 1. The summed E-state index contributed by atoms with van der Waals surface area (Å²) in [7, 11) is -3.57. The van der Waals surface area contributed by atoms with Crippen molar-refractivity contribution in [1.82, 2.24) is 4.31 Å². The number of carbonyl (C=O) groups excluding carboxylic acids is 1. The minimum atomic E-state index is -3.57. The number of benzene rings is 2. The first-order valence-electron chi connectivity index (χ1n) is 9.64. The molecule has 0 spiro atoms. The fourth-order valence-electron chi connectivity index (χ4n) is 4.23. The summed E-state index contributed by atoms with van der Waals surface area (Å²) in [5.74, 6) is -0.0640. The molecule has 1 saturated heterocycles. The van der Waals surface area contributed by atoms with Crippen LogP contribution in [0, 0.1) is 5.92 Å². The van der Waals surface area contributed by atoms with E-state index in [1.807, 2.05) is 17.0 Å². The third kappa shape index (κ3) is 3.98. The van der Waals surface area contributed by atoms with Crippen LogP contribution < -0.4 is 4.90 Å². The molecule has 4 rings (SSSR count). The molecule has 29 heavy (non-hydrogen) atoms. The predicted molar refractivity (Wildman–Crippen MR) is 118 cm³/mol. The lowest BCUT2D eigenvalue weighted by Crippen LogP contribution is -2.46. The lowest BCUT2D eigenvalue weighted by molar-refractivity contribution is -0.123. The monoisotopic (exact) mass is 496 g/mol. The maximum atomic E-state index is 13.3. The van der Waals surface area contributed by atoms with Gasteiger partial charge in [0.2, 0.25) is 15.9 Å². The smallest absolute Gasteiger partial charge is 0.243 e. The Balaban J connectivity index is 1.46. The van der Waals surface area contributed by atoms with E-state index >= 15 is 0 Å². The molecule has 2 aliphatic heterocycles. The number of amides is 1. The molecule has 2 aromatic carbocycles. The van der Waals surface area contributed by atoms with E-state index in [1.165, 1.54) is 22.0 Å². The van der Waals surface area contributed by atoms with Gasteiger partial charge in [0, 0.05) is 40.2 Å². The van der Waals surface area contributed by atoms with Crippen LogP contribution in [0.15, 0.2) is 51.8 Å². The highest BCUT2D eigenvalue weighted by atomic mass is 79.9. The van der Waals surface area contributed by atoms with E-state index in [4.69, 9.17) is 11.6 Å². The number of rotatable bonds is 3. The van der Waals surface area contributed by atoms with Crippen LogP contribution in [0.1, 0.15) is 25.3 Å². The Morgan fingerprint density at radius 3 is 2.41 bits per heavy atom. The van der Waals surface area contributed by atoms with Crippen LogP contribution in [0.5, 0.6) is 0 Å². The van der Waals surface area contributed by atoms with E-state index in [0.717, 1.165) is 16.6 Å². The van der Waals surface area contributed by atoms with E-state index in [2.05, 4.69) is 28.9 Å². The molecular weight excluding hydrogens is 476 g/mol. The Labute approximate surface area is 184 Å². The van der Waals surface area contributed by atoms with Gasteiger partial charge in [0.15, 0.2) is 0 Å². The number of carbonyl (C=O) groups is 1. The molecule has 2 aliphatic rings. The molecule has 2 aromatic rings. The topological polar surface area (TPSA) is 57.7 Å². The quantitative estimate of drug-likeness (QED) is 0.628. The average Bonchev–Trinajstić information content (AvgIpc) is 3.02. The lowest BCUT2D eigenvalue weighted by atomic mass is 9.96. The van der Waals surface area contributed by atoms with E-state index in [1.54, 1.807) is 12.1 Å². The maximum Gasteiger partial charge on any atom is 0.243 e. The summed E-state index contributed by atoms with van der Waals surface area (Å²) in [6, 6.07) is 12.3. The summed E-state index contributed by atoms with van der Waals surface area (Å²) in [4.78, 5) is 15.4. The highest BCUT2D eigenvalue weighted by Crippen LogP contribution is 2.36. The van der Waals surface area contributed by atoms with Crippen molar-refractivity contribution in [3.63, 3.8) is 0 Å². The standard InChI is InChI=1S/C21H22BrClN2O3S/c1-14-12-16-13-17(22)2-7-20(16)25(14)21(26)15-8-10-24(11-9-15)29(27,28)19-5-3-18(23)4-6-19/h2-7,13-15H,8-12H2,1H3/t14-/m0/s1. The summed E-state index contributed by atoms with van der Waals surface area (Å²) in [5, 5.41) is 0.500. The molecule has 1 atom stereocenters. The Kier molecular flexibility index (Phi) is 5.77. The first-order valence-corrected chi connectivity index (χ1v) is 12.3. The minimum absolute atomic E-state index is 0.0992. The van der Waals surface area contributed by atoms with Crippen molar-refractivity contribution < 1.29 is 13.2 Å². The number of piperidine rings is 1. The highest BCUT2D eigenvalue weighted by Gasteiger charge is 2.38. The molecule has 8 heteroatoms. The van der Waals surface area contributed by atoms with Crippen LogP contribution in [0.3, 0.4) is 0 Å². The number of nitrogens with zero attached hydrogens (tertiary/aromatic N) is 2. The number of halogens is 2. The van der Waals surface area contributed by atoms with Crippen LogP contribution >= 0.6 is 27.5 Å². The summed E-state index contributed by atoms with van der Waals surface area (Å²) in [5.41, 5.74) is 2.14. The normalized spacial score (nSPS) is 20.7. The maximum absolute atomic E-state index is 13.3. The Morgan fingerprint density at radius 2 is 1.76 bits per heavy atom. The van der Waals surface area contributed by atoms with Crippen molar-refractivity contribution in [2.24, 2.45) is 5.92 Å². The molecule has 0 aliphatic carbocycles. The molecule has 154 valence electrons. The molecule has 2 heterocycles. The number of fused-ring (bicyclic) bond motifs is 1. The second-order valence-electron chi connectivity index (χ2n) is 7.67. The van der Waals surface area contributed by atoms with Crippen LogP contribution in [0.2, 0.25) is 5.02 Å². The highest BCUT2D eigenvalue weighted by molar-refractivity contribution is 9.10. The van der Waals surface area contributed by atoms with Gasteiger partial charge in [-0.05, 0) is 74.2 Å². The Hall–Kier alpha value is -1.41. The van der Waals surface area contributed by atoms with Gasteiger partial charge in [-0.3, -0.25) is 4.79 Å². The van der Waals surface area contributed by atoms with Gasteiger partial charge in [0.05, 0.1) is 4.90 Å². The molecule has 0 aromatic heterocycles. The van der Waals surface area contributed by atoms with Crippen molar-refractivity contribution >= 4 is 49.1 Å². The van der Waals surface area contributed by atoms with Gasteiger partial charge < -0.3 is 4.90 Å². The zero-order valence-corrected chi connectivity index (χ0v) is 19.2. The summed E-state index contributed by atoms with van der Waals surface area (Å²) < 4.78 is 28.2. The summed E-state index contributed by atoms with van der Waals surface area (Å²) >= 11 is 9.36. The van der Waals surface area contributed by atoms with Gasteiger partial charge in [-0.15, -0.1) is 0 Å². The van der Waals surface area contributed by atoms with Crippen LogP contribution in [-0.4, -0.2) is 37.8 Å². The van der Waals surface area contributed by atoms with E-state index in [-0.39, 0.29) is 22.8 Å². The zero-order valence-electron chi connectivity index (χ0n) is 16.0. The fourth-order valence-corrected chi connectivity index (χ4v) is 6.24. The van der Waals surface area contributed by atoms with Crippen molar-refractivity contribution in [3.8, 4) is 0 Å². The summed E-state index contributed by atoms with van der Waals surface area (Å²) in [6.07, 6.45) is 1.89. The van der Waals surface area contributed by atoms with Gasteiger partial charge in [0.25, 0.3) is 0 Å². The SMILES string of the molecule is C[C@H]1Cc2cc(Br)ccc2N1C(=O)C1CCN(S(=O)(=O)c2ccc(Cl)cc2)CC1. The molecule has 0 unspecified atom stereocenters. The molecule has 1 amide bonds. The Bertz CT molecular complexity index is 1030. The van der Waals surface area contributed by atoms with Crippen LogP contribution in [0.4, 0.5) is 5.69 Å². The second kappa shape index (κ2) is 8.02. The van der Waals surface area contributed by atoms with Gasteiger partial charge >= 0.3 is 0 Å². The molecular formula is C21H22BrClN2O3S. The van der Waals surface area contributed by atoms with E-state index < -0.39 is 10.0 Å². The number of hydrogen-bond acceptors (Lipinski definition) is 3. The fraction of sp³-hybridized carbons (Fsp3) is 0.381. The molecule has 0 saturated carbocycles. The van der Waals surface area contributed by atoms with Crippen molar-refractivity contribution in [2.75, 3.05) is 18.0 Å². The zero-order chi connectivity index (χ0) is 20.8. The second-order valence-corrected chi connectivity index (χ2v) is 11.0. The predicted octanol–water partition coefficient (Wildman–Crippen LogP) is 4.48. The van der Waals surface area contributed by atoms with Gasteiger partial charge in [-0.25, -0.2) is 8.42 Å². The lowest BCUT2D eigenvalue weighted by Gasteiger charge is -2.34. The van der Waals surface area contributed by atoms with E-state index in [0.29, 0.717) is 31.0 Å². The van der Waals surface area contributed by atoms with Crippen LogP contribution in [-0.2, 0) is 21.2 Å². The van der Waals surface area contributed by atoms with Gasteiger partial charge in [-0.1, -0.05) is 27.5 Å². The molecule has 0 N–H and O–H groups in total. The van der Waals surface area contributed by atoms with E-state index in [9.17, 15) is 13.2 Å². The number of hydrogen-bond donors (Lipinski definition) is 0. The first kappa shape index (κ1) is 20.8. The van der Waals surface area contributed by atoms with Crippen molar-refractivity contribution in [2.45, 2.75) is 37.1 Å². The Morgan fingerprint density at radius 1 is 1.10 bits per heavy atom. The largest absolute Gasteiger partial charge is 0.309 e. The summed E-state index contributed by atoms with van der Waals surface area (Å²) in [6.45, 7) is 2.75. The van der Waals surface area contributed by atoms with Crippen LogP contribution in [0.25, 0.3) is 0 Å².